The van der Waals surface area contributed by atoms with Crippen molar-refractivity contribution >= 4 is 22.8 Å². The molecule has 0 fully saturated rings. The highest BCUT2D eigenvalue weighted by Crippen LogP contribution is 2.40. The Kier molecular flexibility index (Phi) is 7.55. The number of carbonyl (C=O) groups is 1. The molecule has 5 rings (SSSR count). The number of benzene rings is 1. The number of nitrogens with zero attached hydrogens (tertiary/aromatic N) is 3. The van der Waals surface area contributed by atoms with Crippen molar-refractivity contribution in [2.75, 3.05) is 5.32 Å². The molecular weight excluding hydrogens is 538 g/mol. The van der Waals surface area contributed by atoms with E-state index in [4.69, 9.17) is 0 Å². The largest absolute Gasteiger partial charge is 0.386 e. The molecule has 0 saturated heterocycles. The first-order chi connectivity index (χ1) is 19.5. The van der Waals surface area contributed by atoms with Gasteiger partial charge in [-0.3, -0.25) is 9.78 Å². The van der Waals surface area contributed by atoms with E-state index >= 15 is 0 Å². The Morgan fingerprint density at radius 3 is 2.44 bits per heavy atom. The minimum atomic E-state index is -2.78. The third kappa shape index (κ3) is 5.94. The van der Waals surface area contributed by atoms with Gasteiger partial charge in [-0.25, -0.2) is 23.1 Å². The number of alkyl halides is 2. The molecule has 4 heterocycles. The van der Waals surface area contributed by atoms with Gasteiger partial charge >= 0.3 is 0 Å². The van der Waals surface area contributed by atoms with E-state index in [9.17, 15) is 27.5 Å². The third-order valence-corrected chi connectivity index (χ3v) is 6.61. The van der Waals surface area contributed by atoms with Gasteiger partial charge < -0.3 is 15.4 Å². The molecule has 0 aliphatic carbocycles. The Morgan fingerprint density at radius 1 is 1.02 bits per heavy atom. The number of nitrogens with one attached hydrogen (secondary N) is 2. The van der Waals surface area contributed by atoms with Gasteiger partial charge in [-0.15, -0.1) is 0 Å². The van der Waals surface area contributed by atoms with Gasteiger partial charge in [-0.2, -0.15) is 4.39 Å². The number of aliphatic hydroxyl groups is 1. The molecule has 1 amide bonds. The molecule has 11 heteroatoms. The number of pyridine rings is 3. The Bertz CT molecular complexity index is 1700. The number of carbonyl (C=O) groups excluding carboxylic acids is 1. The Morgan fingerprint density at radius 2 is 1.78 bits per heavy atom. The van der Waals surface area contributed by atoms with Crippen LogP contribution in [0.25, 0.3) is 33.5 Å². The summed E-state index contributed by atoms with van der Waals surface area (Å²) >= 11 is 0. The summed E-state index contributed by atoms with van der Waals surface area (Å²) in [5, 5.41) is 13.3. The maximum atomic E-state index is 14.7. The van der Waals surface area contributed by atoms with Crippen molar-refractivity contribution in [1.82, 2.24) is 19.9 Å². The normalized spacial score (nSPS) is 12.6. The number of aromatic nitrogens is 4. The second kappa shape index (κ2) is 11.1. The lowest BCUT2D eigenvalue weighted by atomic mass is 9.95. The van der Waals surface area contributed by atoms with E-state index in [2.05, 4.69) is 25.3 Å². The van der Waals surface area contributed by atoms with Crippen LogP contribution in [0.5, 0.6) is 0 Å². The summed E-state index contributed by atoms with van der Waals surface area (Å²) in [6.45, 7) is 3.05. The van der Waals surface area contributed by atoms with Gasteiger partial charge in [0.25, 0.3) is 0 Å². The summed E-state index contributed by atoms with van der Waals surface area (Å²) < 4.78 is 54.8. The van der Waals surface area contributed by atoms with E-state index in [1.165, 1.54) is 38.2 Å². The molecule has 0 bridgehead atoms. The molecule has 3 N–H and O–H groups in total. The number of aromatic amines is 1. The quantitative estimate of drug-likeness (QED) is 0.146. The van der Waals surface area contributed by atoms with E-state index in [0.29, 0.717) is 28.0 Å². The van der Waals surface area contributed by atoms with Crippen LogP contribution in [0.2, 0.25) is 0 Å². The highest BCUT2D eigenvalue weighted by atomic mass is 19.3. The van der Waals surface area contributed by atoms with Gasteiger partial charge in [0.2, 0.25) is 18.3 Å². The molecule has 4 aromatic heterocycles. The highest BCUT2D eigenvalue weighted by Gasteiger charge is 2.28. The molecule has 1 atom stereocenters. The number of rotatable bonds is 8. The lowest BCUT2D eigenvalue weighted by Gasteiger charge is -2.18. The summed E-state index contributed by atoms with van der Waals surface area (Å²) in [5.74, 6) is -3.26. The average Bonchev–Trinajstić information content (AvgIpc) is 3.31. The van der Waals surface area contributed by atoms with E-state index in [-0.39, 0.29) is 22.5 Å². The molecule has 0 aliphatic rings. The molecule has 5 aromatic rings. The summed E-state index contributed by atoms with van der Waals surface area (Å²) in [4.78, 5) is 29.1. The van der Waals surface area contributed by atoms with Crippen molar-refractivity contribution in [3.63, 3.8) is 0 Å². The zero-order valence-corrected chi connectivity index (χ0v) is 22.0. The summed E-state index contributed by atoms with van der Waals surface area (Å²) in [6, 6.07) is 14.3. The fourth-order valence-electron chi connectivity index (χ4n) is 4.72. The van der Waals surface area contributed by atoms with Crippen LogP contribution in [0.1, 0.15) is 37.3 Å². The van der Waals surface area contributed by atoms with Crippen molar-refractivity contribution in [3.8, 4) is 22.5 Å². The van der Waals surface area contributed by atoms with Crippen LogP contribution in [0, 0.1) is 11.8 Å². The van der Waals surface area contributed by atoms with Crippen LogP contribution in [0.15, 0.2) is 73.1 Å². The van der Waals surface area contributed by atoms with E-state index in [1.807, 2.05) is 0 Å². The van der Waals surface area contributed by atoms with Gasteiger partial charge in [0, 0.05) is 36.0 Å². The van der Waals surface area contributed by atoms with Crippen molar-refractivity contribution < 1.29 is 27.5 Å². The SMILES string of the molecule is CC(C)(O)c1cc(F)nc2c(-c3ccccn3)c(-c3ccnc(NC(=O)C(CC(F)F)c4ccc(F)cc4)c3)[nH]c12. The average molecular weight is 564 g/mol. The molecular formula is C30H25F4N5O2. The lowest BCUT2D eigenvalue weighted by molar-refractivity contribution is -0.118. The number of hydrogen-bond donors (Lipinski definition) is 3. The van der Waals surface area contributed by atoms with Crippen molar-refractivity contribution in [1.29, 1.82) is 0 Å². The van der Waals surface area contributed by atoms with E-state index in [1.54, 1.807) is 30.5 Å². The highest BCUT2D eigenvalue weighted by molar-refractivity contribution is 6.02. The van der Waals surface area contributed by atoms with Crippen molar-refractivity contribution in [2.45, 2.75) is 38.2 Å². The van der Waals surface area contributed by atoms with Crippen molar-refractivity contribution in [3.05, 3.63) is 95.9 Å². The van der Waals surface area contributed by atoms with Crippen LogP contribution in [0.4, 0.5) is 23.4 Å². The van der Waals surface area contributed by atoms with Crippen LogP contribution in [-0.4, -0.2) is 37.4 Å². The topological polar surface area (TPSA) is 104 Å². The summed E-state index contributed by atoms with van der Waals surface area (Å²) in [6.07, 6.45) is -0.547. The molecule has 0 saturated carbocycles. The number of anilines is 1. The molecule has 0 aliphatic heterocycles. The first-order valence-electron chi connectivity index (χ1n) is 12.7. The number of fused-ring (bicyclic) bond motifs is 1. The first kappa shape index (κ1) is 27.9. The predicted molar refractivity (Wildman–Crippen MR) is 146 cm³/mol. The Labute approximate surface area is 232 Å². The molecule has 0 radical (unpaired) electrons. The monoisotopic (exact) mass is 563 g/mol. The number of amides is 1. The van der Waals surface area contributed by atoms with Gasteiger partial charge in [-0.05, 0) is 55.8 Å². The zero-order chi connectivity index (χ0) is 29.3. The Balaban J connectivity index is 1.59. The van der Waals surface area contributed by atoms with Crippen LogP contribution in [-0.2, 0) is 10.4 Å². The van der Waals surface area contributed by atoms with E-state index in [0.717, 1.165) is 18.2 Å². The van der Waals surface area contributed by atoms with Gasteiger partial charge in [-0.1, -0.05) is 18.2 Å². The van der Waals surface area contributed by atoms with Crippen molar-refractivity contribution in [2.24, 2.45) is 0 Å². The zero-order valence-electron chi connectivity index (χ0n) is 22.0. The van der Waals surface area contributed by atoms with E-state index < -0.39 is 42.0 Å². The van der Waals surface area contributed by atoms with Crippen LogP contribution < -0.4 is 5.32 Å². The molecule has 41 heavy (non-hydrogen) atoms. The number of hydrogen-bond acceptors (Lipinski definition) is 5. The summed E-state index contributed by atoms with van der Waals surface area (Å²) in [7, 11) is 0. The lowest BCUT2D eigenvalue weighted by Crippen LogP contribution is -2.23. The maximum absolute atomic E-state index is 14.7. The smallest absolute Gasteiger partial charge is 0.239 e. The minimum Gasteiger partial charge on any atom is -0.386 e. The molecule has 210 valence electrons. The fourth-order valence-corrected chi connectivity index (χ4v) is 4.72. The van der Waals surface area contributed by atoms with Crippen LogP contribution in [0.3, 0.4) is 0 Å². The molecule has 7 nitrogen and oxygen atoms in total. The molecule has 1 aromatic carbocycles. The standard InChI is InChI=1S/C30H25F4N5O2/c1-30(2,41)20-15-23(34)37-28-25(21-5-3-4-11-35-21)26(39-27(20)28)17-10-12-36-24(13-17)38-29(40)19(14-22(32)33)16-6-8-18(31)9-7-16/h3-13,15,19,22,39,41H,14H2,1-2H3,(H,36,38,40). The second-order valence-corrected chi connectivity index (χ2v) is 10.0. The maximum Gasteiger partial charge on any atom is 0.239 e. The predicted octanol–water partition coefficient (Wildman–Crippen LogP) is 6.57. The van der Waals surface area contributed by atoms with Gasteiger partial charge in [0.15, 0.2) is 0 Å². The molecule has 0 spiro atoms. The van der Waals surface area contributed by atoms with Crippen LogP contribution >= 0.6 is 0 Å². The third-order valence-electron chi connectivity index (χ3n) is 6.61. The first-order valence-corrected chi connectivity index (χ1v) is 12.7. The fraction of sp³-hybridized carbons (Fsp3) is 0.200. The van der Waals surface area contributed by atoms with Gasteiger partial charge in [0.05, 0.1) is 34.0 Å². The minimum absolute atomic E-state index is 0.0707. The molecule has 1 unspecified atom stereocenters. The Hall–Kier alpha value is -4.64. The van der Waals surface area contributed by atoms with Gasteiger partial charge in [0.1, 0.15) is 17.2 Å². The number of halogens is 4. The summed E-state index contributed by atoms with van der Waals surface area (Å²) in [5.41, 5.74) is 1.63. The second-order valence-electron chi connectivity index (χ2n) is 10.0. The number of H-pyrrole nitrogens is 1.